The third kappa shape index (κ3) is 2.02. The Kier molecular flexibility index (Phi) is 2.94. The molecule has 2 aromatic heterocycles. The van der Waals surface area contributed by atoms with E-state index in [1.807, 2.05) is 7.05 Å². The summed E-state index contributed by atoms with van der Waals surface area (Å²) in [6.07, 6.45) is 1.49. The van der Waals surface area contributed by atoms with Crippen LogP contribution in [0, 0.1) is 0 Å². The highest BCUT2D eigenvalue weighted by molar-refractivity contribution is 7.98. The van der Waals surface area contributed by atoms with Gasteiger partial charge in [0.05, 0.1) is 0 Å². The number of nitrogens with one attached hydrogen (secondary N) is 2. The van der Waals surface area contributed by atoms with Gasteiger partial charge in [-0.15, -0.1) is 5.10 Å². The Morgan fingerprint density at radius 1 is 1.64 bits per heavy atom. The van der Waals surface area contributed by atoms with Gasteiger partial charge in [-0.1, -0.05) is 16.3 Å². The number of aromatic nitrogens is 5. The van der Waals surface area contributed by atoms with Gasteiger partial charge in [0.2, 0.25) is 0 Å². The van der Waals surface area contributed by atoms with Gasteiger partial charge < -0.3 is 5.32 Å². The molecule has 0 aliphatic carbocycles. The number of aromatic amines is 1. The van der Waals surface area contributed by atoms with Gasteiger partial charge in [0.1, 0.15) is 17.0 Å². The van der Waals surface area contributed by atoms with E-state index in [0.717, 1.165) is 21.6 Å². The van der Waals surface area contributed by atoms with Crippen LogP contribution in [0.3, 0.4) is 0 Å². The molecule has 6 nitrogen and oxygen atoms in total. The van der Waals surface area contributed by atoms with Crippen LogP contribution in [0.5, 0.6) is 0 Å². The number of hydrogen-bond donors (Lipinski definition) is 2. The van der Waals surface area contributed by atoms with E-state index in [4.69, 9.17) is 0 Å². The smallest absolute Gasteiger partial charge is 0.183 e. The van der Waals surface area contributed by atoms with Crippen LogP contribution in [0.4, 0.5) is 5.00 Å². The van der Waals surface area contributed by atoms with Crippen LogP contribution < -0.4 is 5.32 Å². The summed E-state index contributed by atoms with van der Waals surface area (Å²) in [7, 11) is 1.86. The molecule has 0 fully saturated rings. The molecule has 0 saturated carbocycles. The molecular weight excluding hydrogens is 220 g/mol. The molecule has 0 radical (unpaired) electrons. The molecule has 2 rings (SSSR count). The van der Waals surface area contributed by atoms with Crippen molar-refractivity contribution in [1.82, 2.24) is 24.8 Å². The van der Waals surface area contributed by atoms with Crippen molar-refractivity contribution >= 4 is 28.3 Å². The number of nitrogens with zero attached hydrogens (tertiary/aromatic N) is 4. The van der Waals surface area contributed by atoms with Gasteiger partial charge in [0, 0.05) is 24.3 Å². The molecule has 2 N–H and O–H groups in total. The zero-order valence-corrected chi connectivity index (χ0v) is 9.02. The van der Waals surface area contributed by atoms with Crippen molar-refractivity contribution in [2.75, 3.05) is 12.4 Å². The van der Waals surface area contributed by atoms with Crippen molar-refractivity contribution in [3.8, 4) is 0 Å². The molecule has 0 amide bonds. The molecule has 0 bridgehead atoms. The van der Waals surface area contributed by atoms with Crippen LogP contribution >= 0.6 is 23.3 Å². The Bertz CT molecular complexity index is 383. The minimum absolute atomic E-state index is 0.738. The summed E-state index contributed by atoms with van der Waals surface area (Å²) in [5.41, 5.74) is 0.943. The van der Waals surface area contributed by atoms with Gasteiger partial charge in [0.15, 0.2) is 5.16 Å². The average Bonchev–Trinajstić information content (AvgIpc) is 2.85. The van der Waals surface area contributed by atoms with Crippen molar-refractivity contribution < 1.29 is 0 Å². The number of thioether (sulfide) groups is 1. The SMILES string of the molecule is CNc1snnc1CSc1ncn[nH]1. The summed E-state index contributed by atoms with van der Waals surface area (Å²) in [5, 5.41) is 15.4. The van der Waals surface area contributed by atoms with Gasteiger partial charge in [0.25, 0.3) is 0 Å². The van der Waals surface area contributed by atoms with E-state index >= 15 is 0 Å². The van der Waals surface area contributed by atoms with Crippen molar-refractivity contribution in [1.29, 1.82) is 0 Å². The van der Waals surface area contributed by atoms with Gasteiger partial charge in [-0.05, 0) is 0 Å². The van der Waals surface area contributed by atoms with Crippen LogP contribution in [0.2, 0.25) is 0 Å². The highest BCUT2D eigenvalue weighted by Gasteiger charge is 2.07. The maximum atomic E-state index is 4.01. The molecule has 0 saturated heterocycles. The van der Waals surface area contributed by atoms with Crippen molar-refractivity contribution in [3.63, 3.8) is 0 Å². The molecule has 0 aromatic carbocycles. The lowest BCUT2D eigenvalue weighted by Gasteiger charge is -1.96. The second kappa shape index (κ2) is 4.38. The maximum Gasteiger partial charge on any atom is 0.183 e. The summed E-state index contributed by atoms with van der Waals surface area (Å²) >= 11 is 2.90. The highest BCUT2D eigenvalue weighted by atomic mass is 32.2. The first-order chi connectivity index (χ1) is 6.90. The summed E-state index contributed by atoms with van der Waals surface area (Å²) in [6.45, 7) is 0. The Morgan fingerprint density at radius 3 is 3.29 bits per heavy atom. The van der Waals surface area contributed by atoms with Crippen molar-refractivity contribution in [3.05, 3.63) is 12.0 Å². The number of rotatable bonds is 4. The summed E-state index contributed by atoms with van der Waals surface area (Å²) in [5.74, 6) is 0.738. The number of anilines is 1. The minimum Gasteiger partial charge on any atom is -0.377 e. The maximum absolute atomic E-state index is 4.01. The minimum atomic E-state index is 0.738. The fourth-order valence-electron chi connectivity index (χ4n) is 0.893. The van der Waals surface area contributed by atoms with E-state index in [0.29, 0.717) is 0 Å². The van der Waals surface area contributed by atoms with Gasteiger partial charge in [-0.2, -0.15) is 5.10 Å². The Labute approximate surface area is 88.7 Å². The molecule has 14 heavy (non-hydrogen) atoms. The first-order valence-corrected chi connectivity index (χ1v) is 5.63. The number of H-pyrrole nitrogens is 1. The first-order valence-electron chi connectivity index (χ1n) is 3.87. The molecular formula is C6H8N6S2. The van der Waals surface area contributed by atoms with E-state index in [9.17, 15) is 0 Å². The third-order valence-corrected chi connectivity index (χ3v) is 3.19. The van der Waals surface area contributed by atoms with E-state index in [1.54, 1.807) is 11.8 Å². The Balaban J connectivity index is 1.98. The van der Waals surface area contributed by atoms with Gasteiger partial charge in [-0.3, -0.25) is 5.10 Å². The van der Waals surface area contributed by atoms with Crippen LogP contribution in [-0.4, -0.2) is 31.8 Å². The quantitative estimate of drug-likeness (QED) is 0.760. The molecule has 0 unspecified atom stereocenters. The third-order valence-electron chi connectivity index (χ3n) is 1.52. The van der Waals surface area contributed by atoms with Gasteiger partial charge in [-0.25, -0.2) is 4.98 Å². The van der Waals surface area contributed by atoms with E-state index < -0.39 is 0 Å². The molecule has 2 aromatic rings. The zero-order chi connectivity index (χ0) is 9.80. The monoisotopic (exact) mass is 228 g/mol. The molecule has 74 valence electrons. The lowest BCUT2D eigenvalue weighted by atomic mass is 10.5. The number of hydrogen-bond acceptors (Lipinski definition) is 7. The summed E-state index contributed by atoms with van der Waals surface area (Å²) < 4.78 is 3.86. The predicted molar refractivity (Wildman–Crippen MR) is 55.4 cm³/mol. The molecule has 8 heteroatoms. The lowest BCUT2D eigenvalue weighted by Crippen LogP contribution is -1.91. The van der Waals surface area contributed by atoms with Gasteiger partial charge >= 0.3 is 0 Å². The molecule has 0 spiro atoms. The fraction of sp³-hybridized carbons (Fsp3) is 0.333. The van der Waals surface area contributed by atoms with Crippen molar-refractivity contribution in [2.24, 2.45) is 0 Å². The second-order valence-electron chi connectivity index (χ2n) is 2.38. The average molecular weight is 228 g/mol. The largest absolute Gasteiger partial charge is 0.377 e. The summed E-state index contributed by atoms with van der Waals surface area (Å²) in [6, 6.07) is 0. The van der Waals surface area contributed by atoms with Crippen molar-refractivity contribution in [2.45, 2.75) is 10.9 Å². The first kappa shape index (κ1) is 9.41. The van der Waals surface area contributed by atoms with E-state index in [1.165, 1.54) is 17.9 Å². The van der Waals surface area contributed by atoms with Crippen LogP contribution in [0.15, 0.2) is 11.5 Å². The second-order valence-corrected chi connectivity index (χ2v) is 4.10. The van der Waals surface area contributed by atoms with Crippen LogP contribution in [-0.2, 0) is 5.75 Å². The van der Waals surface area contributed by atoms with E-state index in [-0.39, 0.29) is 0 Å². The molecule has 0 aliphatic rings. The Morgan fingerprint density at radius 2 is 2.57 bits per heavy atom. The fourth-order valence-corrected chi connectivity index (χ4v) is 2.23. The van der Waals surface area contributed by atoms with Crippen LogP contribution in [0.1, 0.15) is 5.69 Å². The normalized spacial score (nSPS) is 10.4. The predicted octanol–water partition coefficient (Wildman–Crippen LogP) is 0.990. The lowest BCUT2D eigenvalue weighted by molar-refractivity contribution is 0.970. The molecule has 2 heterocycles. The topological polar surface area (TPSA) is 79.4 Å². The molecule has 0 aliphatic heterocycles. The Hall–Kier alpha value is -1.15. The zero-order valence-electron chi connectivity index (χ0n) is 7.39. The standard InChI is InChI=1S/C6H8N6S2/c1-7-5-4(10-12-14-5)2-13-6-8-3-9-11-6/h3,7H,2H2,1H3,(H,8,9,11). The summed E-state index contributed by atoms with van der Waals surface area (Å²) in [4.78, 5) is 4.00. The molecule has 0 atom stereocenters. The highest BCUT2D eigenvalue weighted by Crippen LogP contribution is 2.24. The van der Waals surface area contributed by atoms with E-state index in [2.05, 4.69) is 30.1 Å². The van der Waals surface area contributed by atoms with Crippen LogP contribution in [0.25, 0.3) is 0 Å².